The highest BCUT2D eigenvalue weighted by Crippen LogP contribution is 2.26. The third-order valence-corrected chi connectivity index (χ3v) is 5.05. The van der Waals surface area contributed by atoms with Crippen molar-refractivity contribution in [1.29, 1.82) is 5.26 Å². The van der Waals surface area contributed by atoms with Gasteiger partial charge in [-0.15, -0.1) is 0 Å². The van der Waals surface area contributed by atoms with Crippen LogP contribution in [0.3, 0.4) is 0 Å². The van der Waals surface area contributed by atoms with E-state index in [2.05, 4.69) is 16.3 Å². The van der Waals surface area contributed by atoms with Gasteiger partial charge < -0.3 is 9.73 Å². The van der Waals surface area contributed by atoms with Crippen LogP contribution < -0.4 is 5.32 Å². The smallest absolute Gasteiger partial charge is 0.237 e. The predicted molar refractivity (Wildman–Crippen MR) is 106 cm³/mol. The lowest BCUT2D eigenvalue weighted by Gasteiger charge is -2.34. The molecule has 5 heteroatoms. The fraction of sp³-hybridized carbons (Fsp3) is 0.217. The Kier molecular flexibility index (Phi) is 5.22. The summed E-state index contributed by atoms with van der Waals surface area (Å²) < 4.78 is 6.02. The molecule has 1 saturated heterocycles. The second-order valence-corrected chi connectivity index (χ2v) is 6.89. The van der Waals surface area contributed by atoms with Crippen LogP contribution in [0.25, 0.3) is 11.3 Å². The van der Waals surface area contributed by atoms with Gasteiger partial charge in [0.25, 0.3) is 0 Å². The van der Waals surface area contributed by atoms with Crippen LogP contribution >= 0.6 is 0 Å². The maximum atomic E-state index is 12.5. The van der Waals surface area contributed by atoms with E-state index in [-0.39, 0.29) is 11.9 Å². The highest BCUT2D eigenvalue weighted by molar-refractivity contribution is 5.82. The van der Waals surface area contributed by atoms with E-state index >= 15 is 0 Å². The zero-order valence-corrected chi connectivity index (χ0v) is 15.5. The summed E-state index contributed by atoms with van der Waals surface area (Å²) in [5.41, 5.74) is 2.51. The number of amides is 1. The molecule has 4 rings (SSSR count). The van der Waals surface area contributed by atoms with Crippen molar-refractivity contribution in [2.24, 2.45) is 0 Å². The van der Waals surface area contributed by atoms with Crippen LogP contribution in [0, 0.1) is 11.3 Å². The van der Waals surface area contributed by atoms with E-state index in [1.807, 2.05) is 60.7 Å². The molecule has 1 atom stereocenters. The third kappa shape index (κ3) is 3.83. The molecule has 1 aliphatic rings. The average Bonchev–Trinajstić information content (AvgIpc) is 3.19. The third-order valence-electron chi connectivity index (χ3n) is 5.05. The molecular weight excluding hydrogens is 350 g/mol. The first-order valence-corrected chi connectivity index (χ1v) is 9.38. The van der Waals surface area contributed by atoms with Crippen LogP contribution in [0.1, 0.15) is 16.9 Å². The zero-order valence-electron chi connectivity index (χ0n) is 15.5. The van der Waals surface area contributed by atoms with E-state index in [0.29, 0.717) is 30.8 Å². The lowest BCUT2D eigenvalue weighted by Crippen LogP contribution is -2.55. The first-order chi connectivity index (χ1) is 13.7. The number of nitriles is 1. The molecule has 0 bridgehead atoms. The number of carbonyl (C=O) groups excluding carboxylic acids is 1. The van der Waals surface area contributed by atoms with E-state index in [1.165, 1.54) is 0 Å². The fourth-order valence-corrected chi connectivity index (χ4v) is 3.61. The normalized spacial score (nSPS) is 17.1. The van der Waals surface area contributed by atoms with E-state index in [1.54, 1.807) is 6.07 Å². The molecular formula is C23H21N3O2. The minimum Gasteiger partial charge on any atom is -0.460 e. The van der Waals surface area contributed by atoms with Gasteiger partial charge in [0.2, 0.25) is 5.91 Å². The molecule has 2 aromatic carbocycles. The van der Waals surface area contributed by atoms with E-state index in [4.69, 9.17) is 4.42 Å². The maximum Gasteiger partial charge on any atom is 0.237 e. The second kappa shape index (κ2) is 8.12. The Balaban J connectivity index is 1.53. The molecule has 28 heavy (non-hydrogen) atoms. The summed E-state index contributed by atoms with van der Waals surface area (Å²) in [6, 6.07) is 23.2. The summed E-state index contributed by atoms with van der Waals surface area (Å²) in [6.07, 6.45) is 0.664. The molecule has 1 N–H and O–H groups in total. The molecule has 1 aromatic heterocycles. The molecule has 2 heterocycles. The number of benzene rings is 2. The lowest BCUT2D eigenvalue weighted by molar-refractivity contribution is -0.129. The number of furan rings is 1. The summed E-state index contributed by atoms with van der Waals surface area (Å²) in [7, 11) is 0. The van der Waals surface area contributed by atoms with Gasteiger partial charge >= 0.3 is 0 Å². The van der Waals surface area contributed by atoms with Crippen molar-refractivity contribution >= 4 is 5.91 Å². The summed E-state index contributed by atoms with van der Waals surface area (Å²) in [6.45, 7) is 1.96. The predicted octanol–water partition coefficient (Wildman–Crippen LogP) is 3.36. The maximum absolute atomic E-state index is 12.5. The quantitative estimate of drug-likeness (QED) is 0.747. The average molecular weight is 371 g/mol. The van der Waals surface area contributed by atoms with Gasteiger partial charge in [-0.1, -0.05) is 42.5 Å². The molecule has 1 aliphatic heterocycles. The van der Waals surface area contributed by atoms with Crippen LogP contribution in [-0.2, 0) is 17.8 Å². The van der Waals surface area contributed by atoms with Crippen molar-refractivity contribution in [3.8, 4) is 17.4 Å². The minimum absolute atomic E-state index is 0.0525. The Labute approximate surface area is 164 Å². The number of carbonyl (C=O) groups is 1. The van der Waals surface area contributed by atoms with Crippen LogP contribution in [0.2, 0.25) is 0 Å². The highest BCUT2D eigenvalue weighted by Gasteiger charge is 2.30. The number of piperazine rings is 1. The van der Waals surface area contributed by atoms with E-state index in [0.717, 1.165) is 23.4 Å². The SMILES string of the molecule is N#Cc1ccccc1-c1ccc(CN2CCNC(=O)[C@@H]2Cc2ccccc2)o1. The molecule has 0 radical (unpaired) electrons. The standard InChI is InChI=1S/C23H21N3O2/c24-15-18-8-4-5-9-20(18)22-11-10-19(28-22)16-26-13-12-25-23(27)21(26)14-17-6-2-1-3-7-17/h1-11,21H,12-14,16H2,(H,25,27)/t21-/m0/s1. The number of nitrogens with zero attached hydrogens (tertiary/aromatic N) is 2. The highest BCUT2D eigenvalue weighted by atomic mass is 16.3. The molecule has 1 fully saturated rings. The Morgan fingerprint density at radius 1 is 1.07 bits per heavy atom. The van der Waals surface area contributed by atoms with E-state index < -0.39 is 0 Å². The van der Waals surface area contributed by atoms with Crippen molar-refractivity contribution in [3.05, 3.63) is 83.6 Å². The molecule has 0 aliphatic carbocycles. The number of hydrogen-bond donors (Lipinski definition) is 1. The largest absolute Gasteiger partial charge is 0.460 e. The molecule has 0 unspecified atom stereocenters. The van der Waals surface area contributed by atoms with Gasteiger partial charge in [0.05, 0.1) is 24.2 Å². The Morgan fingerprint density at radius 3 is 2.68 bits per heavy atom. The Morgan fingerprint density at radius 2 is 1.86 bits per heavy atom. The van der Waals surface area contributed by atoms with Crippen molar-refractivity contribution in [2.45, 2.75) is 19.0 Å². The van der Waals surface area contributed by atoms with Crippen molar-refractivity contribution in [1.82, 2.24) is 10.2 Å². The summed E-state index contributed by atoms with van der Waals surface area (Å²) in [4.78, 5) is 14.6. The van der Waals surface area contributed by atoms with Gasteiger partial charge in [-0.25, -0.2) is 0 Å². The van der Waals surface area contributed by atoms with Gasteiger partial charge in [0.1, 0.15) is 11.5 Å². The fourth-order valence-electron chi connectivity index (χ4n) is 3.61. The Bertz CT molecular complexity index is 1000. The molecule has 1 amide bonds. The van der Waals surface area contributed by atoms with Crippen LogP contribution in [-0.4, -0.2) is 29.9 Å². The number of hydrogen-bond acceptors (Lipinski definition) is 4. The minimum atomic E-state index is -0.226. The van der Waals surface area contributed by atoms with E-state index in [9.17, 15) is 10.1 Å². The van der Waals surface area contributed by atoms with Crippen molar-refractivity contribution < 1.29 is 9.21 Å². The number of rotatable bonds is 5. The molecule has 3 aromatic rings. The van der Waals surface area contributed by atoms with Gasteiger partial charge in [-0.3, -0.25) is 9.69 Å². The summed E-state index contributed by atoms with van der Waals surface area (Å²) >= 11 is 0. The van der Waals surface area contributed by atoms with Crippen LogP contribution in [0.15, 0.2) is 71.1 Å². The van der Waals surface area contributed by atoms with Gasteiger partial charge in [0.15, 0.2) is 0 Å². The van der Waals surface area contributed by atoms with Crippen LogP contribution in [0.4, 0.5) is 0 Å². The first kappa shape index (κ1) is 18.0. The second-order valence-electron chi connectivity index (χ2n) is 6.89. The monoisotopic (exact) mass is 371 g/mol. The van der Waals surface area contributed by atoms with Crippen molar-refractivity contribution in [2.75, 3.05) is 13.1 Å². The summed E-state index contributed by atoms with van der Waals surface area (Å²) in [5, 5.41) is 12.3. The van der Waals surface area contributed by atoms with Gasteiger partial charge in [-0.05, 0) is 36.2 Å². The summed E-state index contributed by atoms with van der Waals surface area (Å²) in [5.74, 6) is 1.51. The topological polar surface area (TPSA) is 69.3 Å². The molecule has 140 valence electrons. The molecule has 5 nitrogen and oxygen atoms in total. The lowest BCUT2D eigenvalue weighted by atomic mass is 10.0. The van der Waals surface area contributed by atoms with Gasteiger partial charge in [0, 0.05) is 18.7 Å². The number of nitrogens with one attached hydrogen (secondary N) is 1. The van der Waals surface area contributed by atoms with Gasteiger partial charge in [-0.2, -0.15) is 5.26 Å². The van der Waals surface area contributed by atoms with Crippen molar-refractivity contribution in [3.63, 3.8) is 0 Å². The molecule has 0 spiro atoms. The first-order valence-electron chi connectivity index (χ1n) is 9.38. The zero-order chi connectivity index (χ0) is 19.3. The molecule has 0 saturated carbocycles. The van der Waals surface area contributed by atoms with Crippen LogP contribution in [0.5, 0.6) is 0 Å². The Hall–Kier alpha value is -3.36.